The number of anilines is 3. The van der Waals surface area contributed by atoms with Gasteiger partial charge in [-0.25, -0.2) is 28.5 Å². The predicted octanol–water partition coefficient (Wildman–Crippen LogP) is 5.30. The van der Waals surface area contributed by atoms with Crippen LogP contribution in [0.15, 0.2) is 96.6 Å². The van der Waals surface area contributed by atoms with Gasteiger partial charge in [0.2, 0.25) is 5.76 Å². The number of nitrogens with one attached hydrogen (secondary N) is 2. The van der Waals surface area contributed by atoms with Crippen LogP contribution in [-0.4, -0.2) is 66.3 Å². The van der Waals surface area contributed by atoms with Crippen molar-refractivity contribution in [2.75, 3.05) is 31.3 Å². The molecular formula is C39H29ClFN5O11. The van der Waals surface area contributed by atoms with Crippen molar-refractivity contribution in [3.63, 3.8) is 0 Å². The van der Waals surface area contributed by atoms with Crippen molar-refractivity contribution in [2.24, 2.45) is 0 Å². The number of cyclic esters (lactones) is 4. The van der Waals surface area contributed by atoms with E-state index in [1.807, 2.05) is 0 Å². The summed E-state index contributed by atoms with van der Waals surface area (Å²) in [5.74, 6) is -10.7. The molecule has 0 atom stereocenters. The van der Waals surface area contributed by atoms with Gasteiger partial charge in [0, 0.05) is 47.6 Å². The Labute approximate surface area is 327 Å². The van der Waals surface area contributed by atoms with Gasteiger partial charge in [0.1, 0.15) is 30.0 Å². The van der Waals surface area contributed by atoms with Gasteiger partial charge in [-0.05, 0) is 63.0 Å². The molecule has 1 aromatic heterocycles. The van der Waals surface area contributed by atoms with Crippen molar-refractivity contribution in [1.29, 1.82) is 5.26 Å². The van der Waals surface area contributed by atoms with Gasteiger partial charge in [-0.3, -0.25) is 9.78 Å². The number of pyridine rings is 1. The number of likely N-dealkylation sites (N-methyl/N-ethyl adjacent to an activating group) is 1. The van der Waals surface area contributed by atoms with Crippen LogP contribution < -0.4 is 20.1 Å². The lowest BCUT2D eigenvalue weighted by Crippen LogP contribution is -2.54. The highest BCUT2D eigenvalue weighted by Gasteiger charge is 2.53. The Hall–Kier alpha value is -7.29. The molecule has 4 aromatic rings. The molecule has 290 valence electrons. The summed E-state index contributed by atoms with van der Waals surface area (Å²) < 4.78 is 46.6. The maximum absolute atomic E-state index is 14.2. The van der Waals surface area contributed by atoms with Crippen LogP contribution in [0.1, 0.15) is 18.1 Å². The highest BCUT2D eigenvalue weighted by molar-refractivity contribution is 6.32. The Morgan fingerprint density at radius 3 is 2.28 bits per heavy atom. The quantitative estimate of drug-likeness (QED) is 0.146. The third kappa shape index (κ3) is 8.67. The number of ether oxygens (including phenoxy) is 6. The fourth-order valence-corrected chi connectivity index (χ4v) is 5.69. The van der Waals surface area contributed by atoms with Gasteiger partial charge >= 0.3 is 29.8 Å². The molecule has 0 radical (unpaired) electrons. The van der Waals surface area contributed by atoms with Crippen molar-refractivity contribution >= 4 is 69.4 Å². The molecule has 0 saturated heterocycles. The number of hydrogen-bond donors (Lipinski definition) is 2. The molecular weight excluding hydrogens is 769 g/mol. The number of halogens is 2. The second-order valence-electron chi connectivity index (χ2n) is 12.1. The normalized spacial score (nSPS) is 16.9. The van der Waals surface area contributed by atoms with Crippen LogP contribution in [0.5, 0.6) is 11.5 Å². The molecule has 6 rings (SSSR count). The number of amides is 1. The first-order chi connectivity index (χ1) is 27.3. The number of fused-ring (bicyclic) bond motifs is 1. The van der Waals surface area contributed by atoms with Gasteiger partial charge < -0.3 is 39.1 Å². The molecule has 18 heteroatoms. The third-order valence-corrected chi connectivity index (χ3v) is 8.30. The van der Waals surface area contributed by atoms with Crippen molar-refractivity contribution in [3.8, 4) is 17.6 Å². The van der Waals surface area contributed by atoms with Crippen LogP contribution in [0.2, 0.25) is 5.02 Å². The zero-order valence-corrected chi connectivity index (χ0v) is 30.8. The molecule has 0 unspecified atom stereocenters. The molecule has 3 heterocycles. The molecule has 0 spiro atoms. The lowest BCUT2D eigenvalue weighted by atomic mass is 10.1. The molecule has 3 aromatic carbocycles. The summed E-state index contributed by atoms with van der Waals surface area (Å²) in [5, 5.41) is 16.3. The third-order valence-electron chi connectivity index (χ3n) is 8.00. The van der Waals surface area contributed by atoms with Gasteiger partial charge in [-0.1, -0.05) is 23.7 Å². The number of hydrogen-bond acceptors (Lipinski definition) is 15. The number of benzene rings is 3. The fraction of sp³-hybridized carbons (Fsp3) is 0.154. The van der Waals surface area contributed by atoms with Crippen LogP contribution in [0, 0.1) is 17.1 Å². The molecule has 2 aliphatic heterocycles. The zero-order chi connectivity index (χ0) is 40.9. The monoisotopic (exact) mass is 797 g/mol. The molecule has 57 heavy (non-hydrogen) atoms. The lowest BCUT2D eigenvalue weighted by Gasteiger charge is -2.37. The summed E-state index contributed by atoms with van der Waals surface area (Å²) >= 11 is 6.54. The van der Waals surface area contributed by atoms with E-state index < -0.39 is 53.0 Å². The average molecular weight is 798 g/mol. The minimum Gasteiger partial charge on any atom is -0.492 e. The minimum absolute atomic E-state index is 0.0504. The van der Waals surface area contributed by atoms with Gasteiger partial charge in [0.25, 0.3) is 11.7 Å². The molecule has 2 aliphatic rings. The van der Waals surface area contributed by atoms with Gasteiger partial charge in [-0.15, -0.1) is 0 Å². The fourth-order valence-electron chi connectivity index (χ4n) is 5.45. The van der Waals surface area contributed by atoms with Crippen LogP contribution in [-0.2, 0) is 49.5 Å². The molecule has 1 amide bonds. The molecule has 0 aliphatic carbocycles. The number of nitrogens with zero attached hydrogens (tertiary/aromatic N) is 3. The van der Waals surface area contributed by atoms with Crippen LogP contribution in [0.4, 0.5) is 21.5 Å². The Kier molecular flexibility index (Phi) is 11.5. The van der Waals surface area contributed by atoms with E-state index in [4.69, 9.17) is 40.0 Å². The summed E-state index contributed by atoms with van der Waals surface area (Å²) in [6.45, 7) is 1.83. The Balaban J connectivity index is 1.41. The van der Waals surface area contributed by atoms with E-state index in [0.29, 0.717) is 34.7 Å². The summed E-state index contributed by atoms with van der Waals surface area (Å²) in [7, 11) is 2.54. The van der Waals surface area contributed by atoms with Gasteiger partial charge in [0.05, 0.1) is 34.1 Å². The zero-order valence-electron chi connectivity index (χ0n) is 30.1. The van der Waals surface area contributed by atoms with E-state index in [-0.39, 0.29) is 46.3 Å². The lowest BCUT2D eigenvalue weighted by molar-refractivity contribution is -0.267. The van der Waals surface area contributed by atoms with E-state index in [2.05, 4.69) is 21.7 Å². The van der Waals surface area contributed by atoms with E-state index >= 15 is 0 Å². The average Bonchev–Trinajstić information content (AvgIpc) is 3.32. The maximum Gasteiger partial charge on any atom is 0.387 e. The second-order valence-corrected chi connectivity index (χ2v) is 12.5. The second kappa shape index (κ2) is 16.6. The van der Waals surface area contributed by atoms with Crippen LogP contribution in [0.25, 0.3) is 10.9 Å². The molecule has 2 N–H and O–H groups in total. The Bertz CT molecular complexity index is 2460. The number of aromatic nitrogens is 1. The smallest absolute Gasteiger partial charge is 0.387 e. The van der Waals surface area contributed by atoms with Crippen LogP contribution in [0.3, 0.4) is 0 Å². The minimum atomic E-state index is -2.73. The van der Waals surface area contributed by atoms with Crippen molar-refractivity contribution < 1.29 is 56.8 Å². The van der Waals surface area contributed by atoms with Gasteiger partial charge in [0.15, 0.2) is 0 Å². The first-order valence-corrected chi connectivity index (χ1v) is 17.1. The van der Waals surface area contributed by atoms with Crippen molar-refractivity contribution in [3.05, 3.63) is 119 Å². The van der Waals surface area contributed by atoms with E-state index in [1.54, 1.807) is 37.3 Å². The summed E-state index contributed by atoms with van der Waals surface area (Å²) in [6, 6.07) is 15.6. The largest absolute Gasteiger partial charge is 0.492 e. The summed E-state index contributed by atoms with van der Waals surface area (Å²) in [6.07, 6.45) is 4.19. The Morgan fingerprint density at radius 2 is 1.63 bits per heavy atom. The highest BCUT2D eigenvalue weighted by atomic mass is 35.5. The Morgan fingerprint density at radius 1 is 0.930 bits per heavy atom. The standard InChI is InChI=1S/C39H29ClFN5O11/c1-4-52-30-17-27-25(35(22(18-42)19-43-27)44-24-8-9-29(26(40)15-24)53-20-21-6-5-7-23(41)14-21)16-28(30)45-38(51)36-37(55-32(48)11-10-31(47)54-36)39(46(2)3)56-33(49)12-13-34(50)57-39/h5-17,19H,4,20H2,1-3H3,(H,43,44)(H,45,51)/b11-10-,37-36+. The topological polar surface area (TPSA) is 205 Å². The molecule has 0 bridgehead atoms. The molecule has 16 nitrogen and oxygen atoms in total. The van der Waals surface area contributed by atoms with E-state index in [9.17, 15) is 33.6 Å². The van der Waals surface area contributed by atoms with Crippen molar-refractivity contribution in [1.82, 2.24) is 9.88 Å². The highest BCUT2D eigenvalue weighted by Crippen LogP contribution is 2.39. The maximum atomic E-state index is 14.2. The van der Waals surface area contributed by atoms with Crippen LogP contribution >= 0.6 is 11.6 Å². The first-order valence-electron chi connectivity index (χ1n) is 16.7. The number of rotatable bonds is 11. The summed E-state index contributed by atoms with van der Waals surface area (Å²) in [4.78, 5) is 70.3. The molecule has 0 fully saturated rings. The number of nitriles is 1. The summed E-state index contributed by atoms with van der Waals surface area (Å²) in [5.41, 5.74) is 1.58. The van der Waals surface area contributed by atoms with Crippen molar-refractivity contribution in [2.45, 2.75) is 19.4 Å². The first kappa shape index (κ1) is 39.4. The number of esters is 4. The van der Waals surface area contributed by atoms with Gasteiger partial charge in [-0.2, -0.15) is 5.26 Å². The number of carbonyl (C=O) groups excluding carboxylic acids is 5. The number of carbonyl (C=O) groups is 5. The SMILES string of the molecule is CCOc1cc2ncc(C#N)c(Nc3ccc(OCc4cccc(F)c4)c(Cl)c3)c2cc1NC(=O)/C1=C(/C2(N(C)C)OC(=O)C=CC(=O)O2)OC(=O)/C=C\C(=O)O1. The molecule has 0 saturated carbocycles. The van der Waals surface area contributed by atoms with E-state index in [0.717, 1.165) is 17.1 Å². The predicted molar refractivity (Wildman–Crippen MR) is 198 cm³/mol. The van der Waals surface area contributed by atoms with E-state index in [1.165, 1.54) is 44.6 Å².